The van der Waals surface area contributed by atoms with Crippen LogP contribution < -0.4 is 0 Å². The fourth-order valence-electron chi connectivity index (χ4n) is 5.61. The summed E-state index contributed by atoms with van der Waals surface area (Å²) < 4.78 is 4.33. The number of rotatable bonds is 18. The number of hydrogen-bond donors (Lipinski definition) is 3. The molecule has 0 aliphatic rings. The highest BCUT2D eigenvalue weighted by Crippen LogP contribution is 2.22. The number of pyridine rings is 1. The summed E-state index contributed by atoms with van der Waals surface area (Å²) in [4.78, 5) is 80.4. The minimum Gasteiger partial charge on any atom is -0.478 e. The maximum Gasteiger partial charge on any atom is 0.335 e. The maximum absolute atomic E-state index is 12.1. The summed E-state index contributed by atoms with van der Waals surface area (Å²) in [6.07, 6.45) is 8.78. The van der Waals surface area contributed by atoms with Gasteiger partial charge in [0.25, 0.3) is 0 Å². The van der Waals surface area contributed by atoms with Gasteiger partial charge in [0.2, 0.25) is 15.5 Å². The number of carbonyl (C=O) groups is 6. The Morgan fingerprint density at radius 3 is 1.18 bits per heavy atom. The molecule has 9 rings (SSSR count). The van der Waals surface area contributed by atoms with Gasteiger partial charge in [0.05, 0.1) is 63.4 Å². The number of hydrogen-bond acceptors (Lipinski definition) is 23. The van der Waals surface area contributed by atoms with Gasteiger partial charge >= 0.3 is 17.9 Å². The predicted octanol–water partition coefficient (Wildman–Crippen LogP) is 3.98. The van der Waals surface area contributed by atoms with Crippen LogP contribution in [0.15, 0.2) is 150 Å². The normalized spacial score (nSPS) is 10.5. The lowest BCUT2D eigenvalue weighted by molar-refractivity contribution is 0.0686. The third-order valence-corrected chi connectivity index (χ3v) is 11.9. The molecule has 72 heavy (non-hydrogen) atoms. The molecule has 360 valence electrons. The van der Waals surface area contributed by atoms with Crippen molar-refractivity contribution >= 4 is 70.5 Å². The fourth-order valence-corrected chi connectivity index (χ4v) is 7.95. The topological polar surface area (TPSA) is 358 Å². The molecule has 29 heteroatoms. The van der Waals surface area contributed by atoms with Crippen molar-refractivity contribution in [1.29, 1.82) is 0 Å². The number of Topliss-reactive ketones (excluding diaryl/α,β-unsaturated/α-hetero) is 3. The van der Waals surface area contributed by atoms with E-state index in [4.69, 9.17) is 15.3 Å². The van der Waals surface area contributed by atoms with Crippen molar-refractivity contribution in [2.75, 3.05) is 17.3 Å². The number of ketones is 3. The van der Waals surface area contributed by atoms with Crippen molar-refractivity contribution in [3.05, 3.63) is 168 Å². The van der Waals surface area contributed by atoms with E-state index in [0.29, 0.717) is 49.4 Å². The summed E-state index contributed by atoms with van der Waals surface area (Å²) in [7, 11) is 0. The second kappa shape index (κ2) is 24.8. The van der Waals surface area contributed by atoms with E-state index in [1.165, 1.54) is 105 Å². The molecule has 3 aromatic carbocycles. The molecule has 0 bridgehead atoms. The van der Waals surface area contributed by atoms with Crippen molar-refractivity contribution in [3.8, 4) is 17.1 Å². The van der Waals surface area contributed by atoms with Gasteiger partial charge in [-0.05, 0) is 128 Å². The van der Waals surface area contributed by atoms with E-state index < -0.39 is 17.9 Å². The molecular weight excluding hydrogens is 995 g/mol. The lowest BCUT2D eigenvalue weighted by atomic mass is 10.2. The summed E-state index contributed by atoms with van der Waals surface area (Å²) in [6, 6.07) is 24.8. The molecule has 0 spiro atoms. The number of carboxylic acid groups (broad SMARTS) is 3. The van der Waals surface area contributed by atoms with Crippen LogP contribution in [0.3, 0.4) is 0 Å². The Bertz CT molecular complexity index is 2950. The molecule has 3 N–H and O–H groups in total. The van der Waals surface area contributed by atoms with E-state index in [-0.39, 0.29) is 51.3 Å². The summed E-state index contributed by atoms with van der Waals surface area (Å²) in [5, 5.41) is 69.4. The summed E-state index contributed by atoms with van der Waals surface area (Å²) >= 11 is 3.54. The fraction of sp³-hybridized carbons (Fsp3) is 0.0698. The summed E-state index contributed by atoms with van der Waals surface area (Å²) in [5.74, 6) is -2.94. The van der Waals surface area contributed by atoms with E-state index in [0.717, 1.165) is 11.8 Å². The minimum absolute atomic E-state index is 0.0572. The lowest BCUT2D eigenvalue weighted by Crippen LogP contribution is -2.07. The number of tetrazole rings is 3. The minimum atomic E-state index is -1.01. The van der Waals surface area contributed by atoms with Crippen LogP contribution in [-0.4, -0.2) is 154 Å². The van der Waals surface area contributed by atoms with Gasteiger partial charge in [0.15, 0.2) is 17.3 Å². The molecule has 0 aliphatic heterocycles. The zero-order valence-electron chi connectivity index (χ0n) is 36.4. The second-order valence-corrected chi connectivity index (χ2v) is 16.6. The molecule has 0 unspecified atom stereocenters. The van der Waals surface area contributed by atoms with E-state index in [1.807, 2.05) is 0 Å². The monoisotopic (exact) mass is 1030 g/mol. The number of aromatic nitrogens is 17. The van der Waals surface area contributed by atoms with Gasteiger partial charge in [-0.25, -0.2) is 24.4 Å². The molecule has 0 saturated carbocycles. The van der Waals surface area contributed by atoms with Gasteiger partial charge in [-0.1, -0.05) is 35.3 Å². The van der Waals surface area contributed by atoms with E-state index >= 15 is 0 Å². The highest BCUT2D eigenvalue weighted by molar-refractivity contribution is 8.00. The number of carboxylic acids is 3. The van der Waals surface area contributed by atoms with Crippen LogP contribution in [0.1, 0.15) is 62.3 Å². The molecule has 0 aliphatic carbocycles. The molecule has 26 nitrogen and oxygen atoms in total. The first-order chi connectivity index (χ1) is 34.9. The Labute approximate surface area is 416 Å². The van der Waals surface area contributed by atoms with Crippen LogP contribution in [-0.2, 0) is 0 Å². The number of benzene rings is 3. The smallest absolute Gasteiger partial charge is 0.335 e. The van der Waals surface area contributed by atoms with Crippen LogP contribution in [0.4, 0.5) is 0 Å². The number of thioether (sulfide) groups is 3. The van der Waals surface area contributed by atoms with Gasteiger partial charge < -0.3 is 15.3 Å². The van der Waals surface area contributed by atoms with Gasteiger partial charge in [-0.15, -0.1) is 15.3 Å². The number of nitrogens with zero attached hydrogens (tertiary/aromatic N) is 17. The van der Waals surface area contributed by atoms with Crippen molar-refractivity contribution in [2.45, 2.75) is 15.5 Å². The lowest BCUT2D eigenvalue weighted by Gasteiger charge is -2.04. The van der Waals surface area contributed by atoms with Gasteiger partial charge in [0.1, 0.15) is 12.0 Å². The second-order valence-electron chi connectivity index (χ2n) is 13.8. The summed E-state index contributed by atoms with van der Waals surface area (Å²) in [5.41, 5.74) is 3.68. The Morgan fingerprint density at radius 1 is 0.417 bits per heavy atom. The zero-order chi connectivity index (χ0) is 50.8. The van der Waals surface area contributed by atoms with Crippen LogP contribution in [0.2, 0.25) is 0 Å². The van der Waals surface area contributed by atoms with Gasteiger partial charge in [-0.2, -0.15) is 24.2 Å². The largest absolute Gasteiger partial charge is 0.478 e. The first-order valence-corrected chi connectivity index (χ1v) is 23.2. The third-order valence-electron chi connectivity index (χ3n) is 9.17. The molecule has 0 fully saturated rings. The molecule has 0 saturated heterocycles. The number of carbonyl (C=O) groups excluding carboxylic acids is 3. The maximum atomic E-state index is 12.1. The van der Waals surface area contributed by atoms with Crippen LogP contribution in [0.25, 0.3) is 17.1 Å². The van der Waals surface area contributed by atoms with Gasteiger partial charge in [0, 0.05) is 29.7 Å². The van der Waals surface area contributed by atoms with Crippen molar-refractivity contribution in [2.24, 2.45) is 0 Å². The third kappa shape index (κ3) is 13.7. The van der Waals surface area contributed by atoms with E-state index in [9.17, 15) is 28.8 Å². The molecule has 6 heterocycles. The van der Waals surface area contributed by atoms with Crippen molar-refractivity contribution < 1.29 is 44.1 Å². The number of aromatic carboxylic acids is 3. The SMILES string of the molecule is O=C(O)c1ccc(-n2nnnc2SCC(=O)c2ccncc2)cc1.O=C(O)c1ccc(-n2nnnc2SCC(=O)c2ccncn2)cc1.O=C(O)c1ccc(-n2nnnc2SCC(=O)c2ccnnc2)cc1. The first kappa shape index (κ1) is 50.5. The molecule has 0 atom stereocenters. The van der Waals surface area contributed by atoms with E-state index in [1.54, 1.807) is 67.0 Å². The first-order valence-electron chi connectivity index (χ1n) is 20.2. The van der Waals surface area contributed by atoms with Crippen molar-refractivity contribution in [3.63, 3.8) is 0 Å². The van der Waals surface area contributed by atoms with Crippen LogP contribution in [0.5, 0.6) is 0 Å². The average molecular weight is 1030 g/mol. The zero-order valence-corrected chi connectivity index (χ0v) is 38.9. The highest BCUT2D eigenvalue weighted by Gasteiger charge is 2.17. The standard InChI is InChI=1S/C15H11N5O3S.2C14H10N6O3S/c21-13(10-5-7-16-8-6-10)9-24-15-17-18-19-20(15)12-3-1-11(2-4-12)14(22)23;21-12(10-5-6-15-16-7-10)8-24-14-17-18-19-20(14)11-3-1-9(2-4-11)13(22)23;21-12(11-5-6-15-8-16-11)7-24-14-17-18-19-20(14)10-3-1-9(2-4-10)13(22)23/h1-8H,9H2,(H,22,23);1-7H,8H2,(H,22,23);1-6,8H,7H2,(H,22,23). The highest BCUT2D eigenvalue weighted by atomic mass is 32.2. The molecular formula is C43H31N17O9S3. The summed E-state index contributed by atoms with van der Waals surface area (Å²) in [6.45, 7) is 0. The predicted molar refractivity (Wildman–Crippen MR) is 252 cm³/mol. The Hall–Kier alpha value is -9.35. The molecule has 0 amide bonds. The molecule has 6 aromatic heterocycles. The van der Waals surface area contributed by atoms with E-state index in [2.05, 4.69) is 71.7 Å². The van der Waals surface area contributed by atoms with Crippen molar-refractivity contribution in [1.82, 2.24) is 85.8 Å². The quantitative estimate of drug-likeness (QED) is 0.0808. The van der Waals surface area contributed by atoms with Crippen LogP contribution >= 0.6 is 35.3 Å². The Balaban J connectivity index is 0.000000158. The molecule has 0 radical (unpaired) electrons. The Morgan fingerprint density at radius 2 is 0.806 bits per heavy atom. The van der Waals surface area contributed by atoms with Gasteiger partial charge in [-0.3, -0.25) is 19.4 Å². The molecule has 9 aromatic rings. The average Bonchev–Trinajstić information content (AvgIpc) is 4.22. The van der Waals surface area contributed by atoms with Crippen LogP contribution in [0, 0.1) is 0 Å². The Kier molecular flexibility index (Phi) is 17.4.